The van der Waals surface area contributed by atoms with Crippen molar-refractivity contribution in [2.24, 2.45) is 0 Å². The van der Waals surface area contributed by atoms with E-state index in [1.165, 1.54) is 6.07 Å². The normalized spacial score (nSPS) is 15.1. The van der Waals surface area contributed by atoms with Crippen LogP contribution < -0.4 is 9.62 Å². The van der Waals surface area contributed by atoms with Gasteiger partial charge in [-0.25, -0.2) is 8.42 Å². The molecule has 2 aromatic carbocycles. The average Bonchev–Trinajstić information content (AvgIpc) is 2.77. The van der Waals surface area contributed by atoms with Crippen molar-refractivity contribution < 1.29 is 21.6 Å². The lowest BCUT2D eigenvalue weighted by molar-refractivity contribution is -0.137. The highest BCUT2D eigenvalue weighted by molar-refractivity contribution is 7.92. The summed E-state index contributed by atoms with van der Waals surface area (Å²) in [6.45, 7) is 1.06. The Bertz CT molecular complexity index is 856. The monoisotopic (exact) mass is 392 g/mol. The number of sulfonamides is 1. The predicted molar refractivity (Wildman–Crippen MR) is 91.4 cm³/mol. The third-order valence-corrected chi connectivity index (χ3v) is 5.63. The van der Waals surface area contributed by atoms with Gasteiger partial charge in [-0.05, 0) is 29.8 Å². The fourth-order valence-electron chi connectivity index (χ4n) is 2.64. The SMILES string of the molecule is Cl.O=S(=O)(c1cccc(C(F)(F)F)c1)N1CCNCc2ccccc21. The van der Waals surface area contributed by atoms with Gasteiger partial charge in [0.25, 0.3) is 10.0 Å². The average molecular weight is 393 g/mol. The number of alkyl halides is 3. The standard InChI is InChI=1S/C16H15F3N2O2S.ClH/c17-16(18,19)13-5-3-6-14(10-13)24(22,23)21-9-8-20-11-12-4-1-2-7-15(12)21;/h1-7,10,20H,8-9,11H2;1H. The van der Waals surface area contributed by atoms with Crippen LogP contribution in [-0.4, -0.2) is 21.5 Å². The minimum atomic E-state index is -4.59. The van der Waals surface area contributed by atoms with Crippen LogP contribution in [0.25, 0.3) is 0 Å². The fraction of sp³-hybridized carbons (Fsp3) is 0.250. The highest BCUT2D eigenvalue weighted by Gasteiger charge is 2.33. The topological polar surface area (TPSA) is 49.4 Å². The van der Waals surface area contributed by atoms with Gasteiger partial charge in [-0.2, -0.15) is 13.2 Å². The van der Waals surface area contributed by atoms with Crippen molar-refractivity contribution in [1.29, 1.82) is 0 Å². The highest BCUT2D eigenvalue weighted by atomic mass is 35.5. The Morgan fingerprint density at radius 2 is 1.76 bits per heavy atom. The van der Waals surface area contributed by atoms with E-state index in [9.17, 15) is 21.6 Å². The first-order valence-corrected chi connectivity index (χ1v) is 8.73. The first kappa shape index (κ1) is 19.6. The number of fused-ring (bicyclic) bond motifs is 1. The van der Waals surface area contributed by atoms with Crippen molar-refractivity contribution in [2.75, 3.05) is 17.4 Å². The third-order valence-electron chi connectivity index (χ3n) is 3.82. The molecule has 0 spiro atoms. The van der Waals surface area contributed by atoms with Gasteiger partial charge in [-0.3, -0.25) is 4.31 Å². The Kier molecular flexibility index (Phi) is 5.65. The molecule has 4 nitrogen and oxygen atoms in total. The summed E-state index contributed by atoms with van der Waals surface area (Å²) in [6.07, 6.45) is -4.59. The summed E-state index contributed by atoms with van der Waals surface area (Å²) in [6, 6.07) is 10.8. The fourth-order valence-corrected chi connectivity index (χ4v) is 4.19. The van der Waals surface area contributed by atoms with Crippen LogP contribution in [-0.2, 0) is 22.7 Å². The molecule has 0 saturated heterocycles. The molecule has 0 unspecified atom stereocenters. The molecule has 0 saturated carbocycles. The Morgan fingerprint density at radius 3 is 2.48 bits per heavy atom. The van der Waals surface area contributed by atoms with Gasteiger partial charge in [-0.1, -0.05) is 24.3 Å². The summed E-state index contributed by atoms with van der Waals surface area (Å²) in [5, 5.41) is 3.11. The molecule has 0 aliphatic carbocycles. The van der Waals surface area contributed by atoms with Crippen LogP contribution in [0.1, 0.15) is 11.1 Å². The minimum absolute atomic E-state index is 0. The molecular formula is C16H16ClF3N2O2S. The molecule has 1 N–H and O–H groups in total. The van der Waals surface area contributed by atoms with Crippen molar-refractivity contribution in [3.63, 3.8) is 0 Å². The lowest BCUT2D eigenvalue weighted by atomic mass is 10.2. The minimum Gasteiger partial charge on any atom is -0.311 e. The zero-order valence-corrected chi connectivity index (χ0v) is 14.6. The molecule has 1 aliphatic heterocycles. The van der Waals surface area contributed by atoms with Crippen LogP contribution in [0.5, 0.6) is 0 Å². The molecule has 0 bridgehead atoms. The Balaban J connectivity index is 0.00000225. The van der Waals surface area contributed by atoms with E-state index < -0.39 is 21.8 Å². The Labute approximate surface area is 150 Å². The zero-order valence-electron chi connectivity index (χ0n) is 13.0. The number of halogens is 4. The molecule has 9 heteroatoms. The number of para-hydroxylation sites is 1. The molecule has 1 heterocycles. The van der Waals surface area contributed by atoms with Gasteiger partial charge in [0.05, 0.1) is 16.1 Å². The lowest BCUT2D eigenvalue weighted by Crippen LogP contribution is -2.34. The van der Waals surface area contributed by atoms with Crippen LogP contribution in [0.4, 0.5) is 18.9 Å². The van der Waals surface area contributed by atoms with E-state index in [0.29, 0.717) is 24.8 Å². The molecule has 0 atom stereocenters. The molecule has 0 fully saturated rings. The van der Waals surface area contributed by atoms with E-state index in [0.717, 1.165) is 22.0 Å². The van der Waals surface area contributed by atoms with Crippen molar-refractivity contribution in [2.45, 2.75) is 17.6 Å². The molecule has 0 aromatic heterocycles. The quantitative estimate of drug-likeness (QED) is 0.852. The largest absolute Gasteiger partial charge is 0.416 e. The molecular weight excluding hydrogens is 377 g/mol. The zero-order chi connectivity index (χ0) is 17.4. The van der Waals surface area contributed by atoms with E-state index >= 15 is 0 Å². The molecule has 0 amide bonds. The van der Waals surface area contributed by atoms with Gasteiger partial charge in [-0.15, -0.1) is 12.4 Å². The van der Waals surface area contributed by atoms with Gasteiger partial charge >= 0.3 is 6.18 Å². The van der Waals surface area contributed by atoms with E-state index in [1.807, 2.05) is 0 Å². The maximum atomic E-state index is 12.9. The summed E-state index contributed by atoms with van der Waals surface area (Å²) < 4.78 is 65.6. The van der Waals surface area contributed by atoms with Crippen molar-refractivity contribution in [1.82, 2.24) is 5.32 Å². The summed E-state index contributed by atoms with van der Waals surface area (Å²) in [5.74, 6) is 0. The predicted octanol–water partition coefficient (Wildman–Crippen LogP) is 3.43. The second kappa shape index (κ2) is 7.23. The first-order chi connectivity index (χ1) is 11.3. The van der Waals surface area contributed by atoms with Gasteiger partial charge in [0.1, 0.15) is 0 Å². The lowest BCUT2D eigenvalue weighted by Gasteiger charge is -2.24. The number of nitrogens with one attached hydrogen (secondary N) is 1. The van der Waals surface area contributed by atoms with Crippen LogP contribution in [0, 0.1) is 0 Å². The van der Waals surface area contributed by atoms with Crippen LogP contribution in [0.3, 0.4) is 0 Å². The summed E-state index contributed by atoms with van der Waals surface area (Å²) >= 11 is 0. The molecule has 2 aromatic rings. The molecule has 1 aliphatic rings. The van der Waals surface area contributed by atoms with Crippen LogP contribution in [0.15, 0.2) is 53.4 Å². The van der Waals surface area contributed by atoms with Gasteiger partial charge < -0.3 is 5.32 Å². The number of nitrogens with zero attached hydrogens (tertiary/aromatic N) is 1. The van der Waals surface area contributed by atoms with E-state index in [4.69, 9.17) is 0 Å². The van der Waals surface area contributed by atoms with Gasteiger partial charge in [0, 0.05) is 19.6 Å². The van der Waals surface area contributed by atoms with Crippen LogP contribution >= 0.6 is 12.4 Å². The maximum absolute atomic E-state index is 12.9. The number of rotatable bonds is 2. The second-order valence-electron chi connectivity index (χ2n) is 5.41. The number of anilines is 1. The van der Waals surface area contributed by atoms with Gasteiger partial charge in [0.15, 0.2) is 0 Å². The van der Waals surface area contributed by atoms with Crippen molar-refractivity contribution >= 4 is 28.1 Å². The van der Waals surface area contributed by atoms with E-state index in [-0.39, 0.29) is 23.8 Å². The molecule has 0 radical (unpaired) electrons. The van der Waals surface area contributed by atoms with Gasteiger partial charge in [0.2, 0.25) is 0 Å². The number of benzene rings is 2. The number of hydrogen-bond acceptors (Lipinski definition) is 3. The second-order valence-corrected chi connectivity index (χ2v) is 7.27. The van der Waals surface area contributed by atoms with E-state index in [2.05, 4.69) is 5.32 Å². The van der Waals surface area contributed by atoms with Crippen LogP contribution in [0.2, 0.25) is 0 Å². The Morgan fingerprint density at radius 1 is 1.04 bits per heavy atom. The number of hydrogen-bond donors (Lipinski definition) is 1. The van der Waals surface area contributed by atoms with Crippen molar-refractivity contribution in [3.8, 4) is 0 Å². The molecule has 136 valence electrons. The first-order valence-electron chi connectivity index (χ1n) is 7.29. The highest BCUT2D eigenvalue weighted by Crippen LogP contribution is 2.33. The molecule has 25 heavy (non-hydrogen) atoms. The van der Waals surface area contributed by atoms with E-state index in [1.54, 1.807) is 24.3 Å². The summed E-state index contributed by atoms with van der Waals surface area (Å²) in [5.41, 5.74) is 0.287. The summed E-state index contributed by atoms with van der Waals surface area (Å²) in [4.78, 5) is -0.367. The smallest absolute Gasteiger partial charge is 0.311 e. The summed E-state index contributed by atoms with van der Waals surface area (Å²) in [7, 11) is -4.09. The third kappa shape index (κ3) is 3.91. The van der Waals surface area contributed by atoms with Crippen molar-refractivity contribution in [3.05, 3.63) is 59.7 Å². The maximum Gasteiger partial charge on any atom is 0.416 e. The molecule has 3 rings (SSSR count). The Hall–Kier alpha value is -1.77.